The van der Waals surface area contributed by atoms with E-state index >= 15 is 0 Å². The maximum absolute atomic E-state index is 11.5. The van der Waals surface area contributed by atoms with Crippen LogP contribution in [0, 0.1) is 12.8 Å². The predicted octanol–water partition coefficient (Wildman–Crippen LogP) is 3.32. The number of amides is 1. The highest BCUT2D eigenvalue weighted by atomic mass is 16.5. The van der Waals surface area contributed by atoms with E-state index in [1.807, 2.05) is 31.2 Å². The number of ether oxygens (including phenoxy) is 1. The monoisotopic (exact) mass is 263 g/mol. The van der Waals surface area contributed by atoms with Crippen LogP contribution in [0.3, 0.4) is 0 Å². The van der Waals surface area contributed by atoms with E-state index in [1.54, 1.807) is 0 Å². The molecule has 1 N–H and O–H groups in total. The van der Waals surface area contributed by atoms with Crippen molar-refractivity contribution in [1.29, 1.82) is 0 Å². The minimum atomic E-state index is 0.119. The molecule has 0 aliphatic rings. The first-order chi connectivity index (χ1) is 9.09. The summed E-state index contributed by atoms with van der Waals surface area (Å²) in [5, 5.41) is 2.93. The minimum absolute atomic E-state index is 0.119. The number of carbonyl (C=O) groups is 1. The Morgan fingerprint density at radius 1 is 1.32 bits per heavy atom. The molecule has 1 rings (SSSR count). The Labute approximate surface area is 116 Å². The second-order valence-corrected chi connectivity index (χ2v) is 5.25. The van der Waals surface area contributed by atoms with Gasteiger partial charge in [-0.1, -0.05) is 32.0 Å². The molecule has 1 amide bonds. The van der Waals surface area contributed by atoms with Crippen molar-refractivity contribution >= 4 is 5.91 Å². The molecule has 0 fully saturated rings. The van der Waals surface area contributed by atoms with Crippen LogP contribution in [-0.4, -0.2) is 19.1 Å². The Hall–Kier alpha value is -1.51. The number of para-hydroxylation sites is 1. The summed E-state index contributed by atoms with van der Waals surface area (Å²) >= 11 is 0. The lowest BCUT2D eigenvalue weighted by atomic mass is 10.1. The molecule has 0 aromatic heterocycles. The van der Waals surface area contributed by atoms with Gasteiger partial charge in [-0.05, 0) is 37.3 Å². The van der Waals surface area contributed by atoms with Gasteiger partial charge in [0.2, 0.25) is 5.91 Å². The second kappa shape index (κ2) is 8.57. The molecule has 1 aromatic carbocycles. The number of nitrogens with one attached hydrogen (secondary N) is 1. The van der Waals surface area contributed by atoms with E-state index in [1.165, 1.54) is 0 Å². The molecule has 3 nitrogen and oxygen atoms in total. The van der Waals surface area contributed by atoms with Crippen molar-refractivity contribution in [2.24, 2.45) is 5.92 Å². The molecule has 0 heterocycles. The van der Waals surface area contributed by atoms with Crippen LogP contribution < -0.4 is 10.1 Å². The Balaban J connectivity index is 2.10. The van der Waals surface area contributed by atoms with Crippen molar-refractivity contribution in [3.8, 4) is 5.75 Å². The van der Waals surface area contributed by atoms with Crippen molar-refractivity contribution in [2.45, 2.75) is 40.0 Å². The van der Waals surface area contributed by atoms with E-state index in [0.29, 0.717) is 18.9 Å². The first kappa shape index (κ1) is 15.5. The van der Waals surface area contributed by atoms with Gasteiger partial charge in [-0.25, -0.2) is 0 Å². The van der Waals surface area contributed by atoms with Crippen molar-refractivity contribution in [1.82, 2.24) is 5.32 Å². The molecule has 0 saturated heterocycles. The molecule has 106 valence electrons. The molecular weight excluding hydrogens is 238 g/mol. The highest BCUT2D eigenvalue weighted by Crippen LogP contribution is 2.16. The van der Waals surface area contributed by atoms with Crippen LogP contribution in [0.25, 0.3) is 0 Å². The first-order valence-corrected chi connectivity index (χ1v) is 7.04. The summed E-state index contributed by atoms with van der Waals surface area (Å²) in [6, 6.07) is 7.93. The van der Waals surface area contributed by atoms with E-state index < -0.39 is 0 Å². The van der Waals surface area contributed by atoms with Crippen LogP contribution in [0.2, 0.25) is 0 Å². The molecular formula is C16H25NO2. The zero-order chi connectivity index (χ0) is 14.1. The van der Waals surface area contributed by atoms with Gasteiger partial charge in [-0.3, -0.25) is 4.79 Å². The molecule has 0 unspecified atom stereocenters. The molecule has 0 bridgehead atoms. The van der Waals surface area contributed by atoms with Gasteiger partial charge in [0.25, 0.3) is 0 Å². The first-order valence-electron chi connectivity index (χ1n) is 7.04. The highest BCUT2D eigenvalue weighted by molar-refractivity contribution is 5.75. The van der Waals surface area contributed by atoms with Crippen LogP contribution in [0.1, 0.15) is 38.7 Å². The zero-order valence-electron chi connectivity index (χ0n) is 12.2. The molecule has 0 aliphatic carbocycles. The van der Waals surface area contributed by atoms with Gasteiger partial charge in [0.15, 0.2) is 0 Å². The van der Waals surface area contributed by atoms with Crippen LogP contribution >= 0.6 is 0 Å². The highest BCUT2D eigenvalue weighted by Gasteiger charge is 2.02. The van der Waals surface area contributed by atoms with E-state index in [9.17, 15) is 4.79 Å². The SMILES string of the molecule is Cc1ccccc1OCCCC(=O)NCCC(C)C. The van der Waals surface area contributed by atoms with Gasteiger partial charge in [-0.15, -0.1) is 0 Å². The molecule has 1 aromatic rings. The third kappa shape index (κ3) is 6.85. The minimum Gasteiger partial charge on any atom is -0.493 e. The third-order valence-corrected chi connectivity index (χ3v) is 2.94. The number of aryl methyl sites for hydroxylation is 1. The molecule has 3 heteroatoms. The largest absolute Gasteiger partial charge is 0.493 e. The summed E-state index contributed by atoms with van der Waals surface area (Å²) in [7, 11) is 0. The van der Waals surface area contributed by atoms with E-state index in [4.69, 9.17) is 4.74 Å². The Morgan fingerprint density at radius 2 is 2.05 bits per heavy atom. The van der Waals surface area contributed by atoms with E-state index in [0.717, 1.165) is 30.7 Å². The zero-order valence-corrected chi connectivity index (χ0v) is 12.2. The molecule has 0 atom stereocenters. The van der Waals surface area contributed by atoms with Crippen molar-refractivity contribution < 1.29 is 9.53 Å². The fraction of sp³-hybridized carbons (Fsp3) is 0.562. The summed E-state index contributed by atoms with van der Waals surface area (Å²) in [6.45, 7) is 7.69. The average molecular weight is 263 g/mol. The standard InChI is InChI=1S/C16H25NO2/c1-13(2)10-11-17-16(18)9-6-12-19-15-8-5-4-7-14(15)3/h4-5,7-8,13H,6,9-12H2,1-3H3,(H,17,18). The van der Waals surface area contributed by atoms with Gasteiger partial charge in [-0.2, -0.15) is 0 Å². The molecule has 0 saturated carbocycles. The smallest absolute Gasteiger partial charge is 0.220 e. The Kier molecular flexibility index (Phi) is 7.01. The van der Waals surface area contributed by atoms with Crippen molar-refractivity contribution in [3.63, 3.8) is 0 Å². The van der Waals surface area contributed by atoms with Crippen LogP contribution in [0.15, 0.2) is 24.3 Å². The summed E-state index contributed by atoms with van der Waals surface area (Å²) in [5.74, 6) is 1.65. The van der Waals surface area contributed by atoms with Crippen molar-refractivity contribution in [3.05, 3.63) is 29.8 Å². The molecule has 0 radical (unpaired) electrons. The number of hydrogen-bond acceptors (Lipinski definition) is 2. The summed E-state index contributed by atoms with van der Waals surface area (Å²) in [6.07, 6.45) is 2.32. The summed E-state index contributed by atoms with van der Waals surface area (Å²) in [5.41, 5.74) is 1.13. The maximum Gasteiger partial charge on any atom is 0.220 e. The van der Waals surface area contributed by atoms with Crippen molar-refractivity contribution in [2.75, 3.05) is 13.2 Å². The quantitative estimate of drug-likeness (QED) is 0.731. The van der Waals surface area contributed by atoms with Gasteiger partial charge >= 0.3 is 0 Å². The van der Waals surface area contributed by atoms with Crippen LogP contribution in [0.5, 0.6) is 5.75 Å². The van der Waals surface area contributed by atoms with Gasteiger partial charge < -0.3 is 10.1 Å². The lowest BCUT2D eigenvalue weighted by Crippen LogP contribution is -2.25. The predicted molar refractivity (Wildman–Crippen MR) is 78.4 cm³/mol. The topological polar surface area (TPSA) is 38.3 Å². The number of benzene rings is 1. The lowest BCUT2D eigenvalue weighted by molar-refractivity contribution is -0.121. The third-order valence-electron chi connectivity index (χ3n) is 2.94. The second-order valence-electron chi connectivity index (χ2n) is 5.25. The van der Waals surface area contributed by atoms with Gasteiger partial charge in [0.05, 0.1) is 6.61 Å². The lowest BCUT2D eigenvalue weighted by Gasteiger charge is -2.09. The fourth-order valence-electron chi connectivity index (χ4n) is 1.72. The Morgan fingerprint density at radius 3 is 2.74 bits per heavy atom. The maximum atomic E-state index is 11.5. The summed E-state index contributed by atoms with van der Waals surface area (Å²) < 4.78 is 5.65. The number of rotatable bonds is 8. The van der Waals surface area contributed by atoms with Gasteiger partial charge in [0.1, 0.15) is 5.75 Å². The average Bonchev–Trinajstić information content (AvgIpc) is 2.36. The van der Waals surface area contributed by atoms with E-state index in [2.05, 4.69) is 19.2 Å². The molecule has 0 spiro atoms. The number of carbonyl (C=O) groups excluding carboxylic acids is 1. The molecule has 0 aliphatic heterocycles. The normalized spacial score (nSPS) is 10.5. The molecule has 19 heavy (non-hydrogen) atoms. The van der Waals surface area contributed by atoms with E-state index in [-0.39, 0.29) is 5.91 Å². The fourth-order valence-corrected chi connectivity index (χ4v) is 1.72. The van der Waals surface area contributed by atoms with Gasteiger partial charge in [0, 0.05) is 13.0 Å². The van der Waals surface area contributed by atoms with Crippen LogP contribution in [-0.2, 0) is 4.79 Å². The Bertz CT molecular complexity index is 388. The van der Waals surface area contributed by atoms with Crippen LogP contribution in [0.4, 0.5) is 0 Å². The summed E-state index contributed by atoms with van der Waals surface area (Å²) in [4.78, 5) is 11.5. The number of hydrogen-bond donors (Lipinski definition) is 1.